The Balaban J connectivity index is 1.16. The van der Waals surface area contributed by atoms with Crippen molar-refractivity contribution < 1.29 is 4.42 Å². The van der Waals surface area contributed by atoms with Crippen LogP contribution in [-0.2, 0) is 5.41 Å². The molecule has 0 aliphatic heterocycles. The van der Waals surface area contributed by atoms with Crippen LogP contribution >= 0.6 is 0 Å². The topological polar surface area (TPSA) is 16.4 Å². The molecule has 1 aliphatic carbocycles. The van der Waals surface area contributed by atoms with Crippen molar-refractivity contribution in [2.45, 2.75) is 5.41 Å². The second-order valence-electron chi connectivity index (χ2n) is 16.0. The third-order valence-electron chi connectivity index (χ3n) is 12.7. The van der Waals surface area contributed by atoms with Gasteiger partial charge in [0.2, 0.25) is 0 Å². The Morgan fingerprint density at radius 3 is 1.74 bits per heavy atom. The highest BCUT2D eigenvalue weighted by Gasteiger charge is 2.46. The van der Waals surface area contributed by atoms with Gasteiger partial charge < -0.3 is 9.32 Å². The van der Waals surface area contributed by atoms with Gasteiger partial charge in [-0.25, -0.2) is 0 Å². The number of hydrogen-bond acceptors (Lipinski definition) is 2. The first-order chi connectivity index (χ1) is 30.3. The van der Waals surface area contributed by atoms with Gasteiger partial charge in [-0.3, -0.25) is 0 Å². The summed E-state index contributed by atoms with van der Waals surface area (Å²) in [6.45, 7) is 0. The van der Waals surface area contributed by atoms with Gasteiger partial charge in [-0.2, -0.15) is 0 Å². The zero-order valence-corrected chi connectivity index (χ0v) is 33.4. The van der Waals surface area contributed by atoms with Gasteiger partial charge in [-0.1, -0.05) is 188 Å². The molecule has 1 aromatic heterocycles. The lowest BCUT2D eigenvalue weighted by atomic mass is 9.67. The Bertz CT molecular complexity index is 3370. The Morgan fingerprint density at radius 2 is 0.967 bits per heavy atom. The van der Waals surface area contributed by atoms with Crippen LogP contribution < -0.4 is 4.90 Å². The van der Waals surface area contributed by atoms with Crippen molar-refractivity contribution in [3.63, 3.8) is 0 Å². The van der Waals surface area contributed by atoms with Gasteiger partial charge in [0.15, 0.2) is 0 Å². The molecular formula is C59H39NO. The Hall–Kier alpha value is -7.94. The maximum atomic E-state index is 6.61. The highest BCUT2D eigenvalue weighted by molar-refractivity contribution is 6.17. The summed E-state index contributed by atoms with van der Waals surface area (Å²) < 4.78 is 6.61. The summed E-state index contributed by atoms with van der Waals surface area (Å²) in [5.41, 5.74) is 16.6. The predicted octanol–water partition coefficient (Wildman–Crippen LogP) is 15.9. The fraction of sp³-hybridized carbons (Fsp3) is 0.0169. The van der Waals surface area contributed by atoms with Gasteiger partial charge in [0.05, 0.1) is 11.1 Å². The van der Waals surface area contributed by atoms with Crippen molar-refractivity contribution >= 4 is 49.8 Å². The lowest BCUT2D eigenvalue weighted by Gasteiger charge is -2.35. The van der Waals surface area contributed by atoms with Gasteiger partial charge in [0, 0.05) is 27.7 Å². The monoisotopic (exact) mass is 777 g/mol. The Labute approximate surface area is 355 Å². The van der Waals surface area contributed by atoms with Crippen LogP contribution in [0.3, 0.4) is 0 Å². The number of furan rings is 1. The van der Waals surface area contributed by atoms with E-state index in [4.69, 9.17) is 4.42 Å². The van der Waals surface area contributed by atoms with Crippen LogP contribution in [0, 0.1) is 0 Å². The van der Waals surface area contributed by atoms with Crippen molar-refractivity contribution in [1.82, 2.24) is 0 Å². The van der Waals surface area contributed by atoms with Crippen LogP contribution in [0.4, 0.5) is 17.1 Å². The zero-order valence-electron chi connectivity index (χ0n) is 33.4. The molecule has 0 bridgehead atoms. The number of nitrogens with zero attached hydrogens (tertiary/aromatic N) is 1. The third kappa shape index (κ3) is 5.50. The van der Waals surface area contributed by atoms with Crippen molar-refractivity contribution in [2.24, 2.45) is 0 Å². The standard InChI is InChI=1S/C59H39NO/c1-3-16-40(17-4-1)42-32-34-47(35-33-42)60(54-36-37-56-58(51-26-11-14-29-55(51)61-56)57(54)44-31-30-41-18-7-8-19-43(41)38-44)48-23-15-22-46(39-48)59(45-20-5-2-6-21-45)52-27-12-9-24-49(52)50-25-10-13-28-53(50)59/h1-39H. The average Bonchev–Trinajstić information content (AvgIpc) is 3.86. The molecule has 0 amide bonds. The van der Waals surface area contributed by atoms with Crippen LogP contribution in [-0.4, -0.2) is 0 Å². The minimum absolute atomic E-state index is 0.542. The summed E-state index contributed by atoms with van der Waals surface area (Å²) >= 11 is 0. The van der Waals surface area contributed by atoms with E-state index in [0.29, 0.717) is 0 Å². The Kier molecular flexibility index (Phi) is 8.11. The molecule has 286 valence electrons. The maximum Gasteiger partial charge on any atom is 0.136 e. The van der Waals surface area contributed by atoms with Crippen molar-refractivity contribution in [2.75, 3.05) is 4.90 Å². The zero-order chi connectivity index (χ0) is 40.3. The minimum atomic E-state index is -0.542. The molecule has 0 spiro atoms. The van der Waals surface area contributed by atoms with Crippen molar-refractivity contribution in [1.29, 1.82) is 0 Å². The van der Waals surface area contributed by atoms with E-state index in [-0.39, 0.29) is 0 Å². The molecule has 1 heterocycles. The number of para-hydroxylation sites is 1. The maximum absolute atomic E-state index is 6.61. The summed E-state index contributed by atoms with van der Waals surface area (Å²) in [5, 5.41) is 4.60. The van der Waals surface area contributed by atoms with Crippen molar-refractivity contribution in [3.8, 4) is 33.4 Å². The number of rotatable bonds is 7. The van der Waals surface area contributed by atoms with Gasteiger partial charge in [0.25, 0.3) is 0 Å². The average molecular weight is 778 g/mol. The Morgan fingerprint density at radius 1 is 0.361 bits per heavy atom. The summed E-state index contributed by atoms with van der Waals surface area (Å²) in [4.78, 5) is 2.45. The molecule has 0 unspecified atom stereocenters. The lowest BCUT2D eigenvalue weighted by Crippen LogP contribution is -2.28. The van der Waals surface area contributed by atoms with Crippen LogP contribution in [0.5, 0.6) is 0 Å². The van der Waals surface area contributed by atoms with E-state index in [9.17, 15) is 0 Å². The van der Waals surface area contributed by atoms with Crippen LogP contribution in [0.15, 0.2) is 241 Å². The second-order valence-corrected chi connectivity index (χ2v) is 16.0. The van der Waals surface area contributed by atoms with E-state index in [1.807, 2.05) is 0 Å². The SMILES string of the molecule is c1ccc(-c2ccc(N(c3cccc(C4(c5ccccc5)c5ccccc5-c5ccccc54)c3)c3ccc4oc5ccccc5c4c3-c3ccc4ccccc4c3)cc2)cc1. The molecular weight excluding hydrogens is 739 g/mol. The molecule has 2 heteroatoms. The molecule has 11 aromatic rings. The smallest absolute Gasteiger partial charge is 0.136 e. The van der Waals surface area contributed by atoms with E-state index in [1.165, 1.54) is 55.3 Å². The number of benzene rings is 10. The lowest BCUT2D eigenvalue weighted by molar-refractivity contribution is 0.669. The first kappa shape index (κ1) is 35.0. The fourth-order valence-electron chi connectivity index (χ4n) is 10.1. The molecule has 0 radical (unpaired) electrons. The van der Waals surface area contributed by atoms with E-state index in [1.54, 1.807) is 0 Å². The highest BCUT2D eigenvalue weighted by Crippen LogP contribution is 2.57. The molecule has 0 N–H and O–H groups in total. The minimum Gasteiger partial charge on any atom is -0.456 e. The van der Waals surface area contributed by atoms with Gasteiger partial charge >= 0.3 is 0 Å². The normalized spacial score (nSPS) is 12.7. The molecule has 1 aliphatic rings. The molecule has 61 heavy (non-hydrogen) atoms. The van der Waals surface area contributed by atoms with Crippen molar-refractivity contribution in [3.05, 3.63) is 259 Å². The quantitative estimate of drug-likeness (QED) is 0.160. The third-order valence-corrected chi connectivity index (χ3v) is 12.7. The first-order valence-electron chi connectivity index (χ1n) is 21.0. The molecule has 0 atom stereocenters. The van der Waals surface area contributed by atoms with Gasteiger partial charge in [-0.15, -0.1) is 0 Å². The summed E-state index contributed by atoms with van der Waals surface area (Å²) in [6.07, 6.45) is 0. The largest absolute Gasteiger partial charge is 0.456 e. The van der Waals surface area contributed by atoms with Crippen LogP contribution in [0.2, 0.25) is 0 Å². The molecule has 2 nitrogen and oxygen atoms in total. The van der Waals surface area contributed by atoms with Gasteiger partial charge in [0.1, 0.15) is 11.2 Å². The second kappa shape index (κ2) is 14.1. The van der Waals surface area contributed by atoms with E-state index >= 15 is 0 Å². The summed E-state index contributed by atoms with van der Waals surface area (Å²) in [5.74, 6) is 0. The van der Waals surface area contributed by atoms with Crippen LogP contribution in [0.25, 0.3) is 66.1 Å². The van der Waals surface area contributed by atoms with Gasteiger partial charge in [-0.05, 0) is 109 Å². The molecule has 0 saturated heterocycles. The van der Waals surface area contributed by atoms with E-state index in [0.717, 1.165) is 50.1 Å². The van der Waals surface area contributed by atoms with E-state index < -0.39 is 5.41 Å². The van der Waals surface area contributed by atoms with E-state index in [2.05, 4.69) is 241 Å². The predicted molar refractivity (Wildman–Crippen MR) is 254 cm³/mol. The molecule has 0 saturated carbocycles. The fourth-order valence-corrected chi connectivity index (χ4v) is 10.1. The van der Waals surface area contributed by atoms with Crippen LogP contribution in [0.1, 0.15) is 22.3 Å². The molecule has 12 rings (SSSR count). The molecule has 10 aromatic carbocycles. The number of fused-ring (bicyclic) bond motifs is 7. The summed E-state index contributed by atoms with van der Waals surface area (Å²) in [7, 11) is 0. The summed E-state index contributed by atoms with van der Waals surface area (Å²) in [6, 6.07) is 86.2. The highest BCUT2D eigenvalue weighted by atomic mass is 16.3. The molecule has 0 fully saturated rings. The first-order valence-corrected chi connectivity index (χ1v) is 21.0. The number of anilines is 3. The number of hydrogen-bond donors (Lipinski definition) is 0.